The molecule has 0 aliphatic carbocycles. The maximum Gasteiger partial charge on any atom is 0.251 e. The lowest BCUT2D eigenvalue weighted by Gasteiger charge is -2.19. The summed E-state index contributed by atoms with van der Waals surface area (Å²) >= 11 is 0. The molecule has 1 amide bonds. The third kappa shape index (κ3) is 2.71. The number of rotatable bonds is 4. The van der Waals surface area contributed by atoms with Crippen molar-refractivity contribution in [1.82, 2.24) is 15.1 Å². The average molecular weight is 329 g/mol. The van der Waals surface area contributed by atoms with E-state index in [1.165, 1.54) is 0 Å². The Bertz CT molecular complexity index is 758. The molecule has 1 N–H and O–H groups in total. The summed E-state index contributed by atoms with van der Waals surface area (Å²) in [5.74, 6) is 1.40. The van der Waals surface area contributed by atoms with Crippen LogP contribution in [0.25, 0.3) is 0 Å². The number of fused-ring (bicyclic) bond motifs is 1. The van der Waals surface area contributed by atoms with Gasteiger partial charge in [-0.05, 0) is 30.7 Å². The first-order chi connectivity index (χ1) is 11.7. The third-order valence-electron chi connectivity index (χ3n) is 4.52. The molecule has 3 heterocycles. The highest BCUT2D eigenvalue weighted by atomic mass is 16.7. The van der Waals surface area contributed by atoms with Crippen LogP contribution in [0.4, 0.5) is 0 Å². The smallest absolute Gasteiger partial charge is 0.251 e. The Balaban J connectivity index is 1.41. The van der Waals surface area contributed by atoms with Gasteiger partial charge in [0.2, 0.25) is 6.79 Å². The van der Waals surface area contributed by atoms with Gasteiger partial charge in [0.05, 0.1) is 5.69 Å². The van der Waals surface area contributed by atoms with Crippen LogP contribution in [0.5, 0.6) is 11.5 Å². The zero-order valence-electron chi connectivity index (χ0n) is 13.4. The van der Waals surface area contributed by atoms with Crippen LogP contribution in [0.2, 0.25) is 0 Å². The van der Waals surface area contributed by atoms with E-state index in [4.69, 9.17) is 14.2 Å². The topological polar surface area (TPSA) is 74.6 Å². The van der Waals surface area contributed by atoms with Gasteiger partial charge < -0.3 is 19.5 Å². The van der Waals surface area contributed by atoms with Crippen LogP contribution >= 0.6 is 0 Å². The van der Waals surface area contributed by atoms with Gasteiger partial charge in [-0.3, -0.25) is 9.48 Å². The van der Waals surface area contributed by atoms with Crippen molar-refractivity contribution in [1.29, 1.82) is 0 Å². The average Bonchev–Trinajstić information content (AvgIpc) is 3.31. The minimum absolute atomic E-state index is 0.0328. The number of hydrogen-bond acceptors (Lipinski definition) is 5. The van der Waals surface area contributed by atoms with E-state index < -0.39 is 0 Å². The molecule has 2 aliphatic rings. The number of nitrogens with one attached hydrogen (secondary N) is 1. The number of hydrogen-bond donors (Lipinski definition) is 1. The lowest BCUT2D eigenvalue weighted by molar-refractivity contribution is 0.0801. The first kappa shape index (κ1) is 15.0. The monoisotopic (exact) mass is 329 g/mol. The third-order valence-corrected chi connectivity index (χ3v) is 4.52. The first-order valence-corrected chi connectivity index (χ1v) is 8.00. The van der Waals surface area contributed by atoms with Gasteiger partial charge in [-0.15, -0.1) is 0 Å². The first-order valence-electron chi connectivity index (χ1n) is 8.00. The summed E-state index contributed by atoms with van der Waals surface area (Å²) in [6.45, 7) is 1.45. The summed E-state index contributed by atoms with van der Waals surface area (Å²) in [6, 6.07) is 7.17. The van der Waals surface area contributed by atoms with Crippen LogP contribution in [0, 0.1) is 5.92 Å². The molecular weight excluding hydrogens is 310 g/mol. The van der Waals surface area contributed by atoms with Crippen LogP contribution in [0.1, 0.15) is 28.6 Å². The quantitative estimate of drug-likeness (QED) is 0.923. The van der Waals surface area contributed by atoms with Crippen molar-refractivity contribution in [3.63, 3.8) is 0 Å². The van der Waals surface area contributed by atoms with E-state index in [1.54, 1.807) is 24.4 Å². The summed E-state index contributed by atoms with van der Waals surface area (Å²) in [6.07, 6.45) is 2.64. The molecule has 2 aliphatic heterocycles. The Kier molecular flexibility index (Phi) is 3.86. The maximum atomic E-state index is 12.4. The Hall–Kier alpha value is -2.54. The van der Waals surface area contributed by atoms with Gasteiger partial charge >= 0.3 is 0 Å². The van der Waals surface area contributed by atoms with Gasteiger partial charge in [0.1, 0.15) is 6.10 Å². The molecule has 0 bridgehead atoms. The molecule has 0 spiro atoms. The number of aryl methyl sites for hydroxylation is 1. The van der Waals surface area contributed by atoms with E-state index in [0.29, 0.717) is 30.2 Å². The maximum absolute atomic E-state index is 12.4. The molecule has 0 radical (unpaired) electrons. The fourth-order valence-corrected chi connectivity index (χ4v) is 3.20. The zero-order chi connectivity index (χ0) is 16.5. The number of aromatic nitrogens is 2. The molecule has 1 aromatic carbocycles. The molecule has 2 aromatic rings. The second-order valence-electron chi connectivity index (χ2n) is 6.00. The lowest BCUT2D eigenvalue weighted by atomic mass is 9.98. The largest absolute Gasteiger partial charge is 0.454 e. The summed E-state index contributed by atoms with van der Waals surface area (Å²) in [5, 5.41) is 7.19. The van der Waals surface area contributed by atoms with E-state index in [1.807, 2.05) is 17.8 Å². The van der Waals surface area contributed by atoms with Gasteiger partial charge in [0.25, 0.3) is 5.91 Å². The number of ether oxygens (including phenoxy) is 3. The van der Waals surface area contributed by atoms with E-state index in [0.717, 1.165) is 12.1 Å². The Labute approximate surface area is 139 Å². The highest BCUT2D eigenvalue weighted by molar-refractivity contribution is 5.94. The van der Waals surface area contributed by atoms with Crippen molar-refractivity contribution < 1.29 is 19.0 Å². The number of amides is 1. The summed E-state index contributed by atoms with van der Waals surface area (Å²) in [4.78, 5) is 12.4. The van der Waals surface area contributed by atoms with Crippen LogP contribution in [-0.2, 0) is 11.8 Å². The molecule has 7 heteroatoms. The van der Waals surface area contributed by atoms with Gasteiger partial charge in [-0.2, -0.15) is 5.10 Å². The van der Waals surface area contributed by atoms with Crippen molar-refractivity contribution in [3.8, 4) is 11.5 Å². The van der Waals surface area contributed by atoms with Crippen LogP contribution < -0.4 is 14.8 Å². The lowest BCUT2D eigenvalue weighted by Crippen LogP contribution is -2.31. The van der Waals surface area contributed by atoms with Crippen molar-refractivity contribution in [2.75, 3.05) is 19.9 Å². The molecule has 126 valence electrons. The number of carbonyl (C=O) groups is 1. The second kappa shape index (κ2) is 6.16. The van der Waals surface area contributed by atoms with Gasteiger partial charge in [0, 0.05) is 37.9 Å². The molecule has 1 aromatic heterocycles. The van der Waals surface area contributed by atoms with E-state index >= 15 is 0 Å². The summed E-state index contributed by atoms with van der Waals surface area (Å²) in [7, 11) is 1.90. The van der Waals surface area contributed by atoms with Gasteiger partial charge in [0.15, 0.2) is 11.5 Å². The normalized spacial score (nSPS) is 21.9. The Morgan fingerprint density at radius 2 is 2.21 bits per heavy atom. The standard InChI is InChI=1S/C17H19N3O4/c1-20-13(4-6-19-20)16-12(5-7-22-16)9-18-17(21)11-2-3-14-15(8-11)24-10-23-14/h2-4,6,8,12,16H,5,7,9-10H2,1H3,(H,18,21)/t12-,16+/m0/s1. The van der Waals surface area contributed by atoms with Crippen LogP contribution in [-0.4, -0.2) is 35.6 Å². The second-order valence-corrected chi connectivity index (χ2v) is 6.00. The zero-order valence-corrected chi connectivity index (χ0v) is 13.4. The number of carbonyl (C=O) groups excluding carboxylic acids is 1. The molecule has 2 atom stereocenters. The van der Waals surface area contributed by atoms with Crippen molar-refractivity contribution in [3.05, 3.63) is 41.7 Å². The highest BCUT2D eigenvalue weighted by Gasteiger charge is 2.32. The van der Waals surface area contributed by atoms with Gasteiger partial charge in [-0.1, -0.05) is 0 Å². The van der Waals surface area contributed by atoms with Crippen molar-refractivity contribution in [2.24, 2.45) is 13.0 Å². The van der Waals surface area contributed by atoms with Crippen molar-refractivity contribution in [2.45, 2.75) is 12.5 Å². The highest BCUT2D eigenvalue weighted by Crippen LogP contribution is 2.34. The SMILES string of the molecule is Cn1nccc1[C@@H]1OCC[C@H]1CNC(=O)c1ccc2c(c1)OCO2. The van der Waals surface area contributed by atoms with Gasteiger partial charge in [-0.25, -0.2) is 0 Å². The molecule has 0 saturated carbocycles. The molecule has 7 nitrogen and oxygen atoms in total. The van der Waals surface area contributed by atoms with E-state index in [2.05, 4.69) is 10.4 Å². The predicted octanol–water partition coefficient (Wildman–Crippen LogP) is 1.66. The minimum Gasteiger partial charge on any atom is -0.454 e. The fourth-order valence-electron chi connectivity index (χ4n) is 3.20. The Morgan fingerprint density at radius 3 is 3.04 bits per heavy atom. The Morgan fingerprint density at radius 1 is 1.33 bits per heavy atom. The van der Waals surface area contributed by atoms with Crippen molar-refractivity contribution >= 4 is 5.91 Å². The number of nitrogens with zero attached hydrogens (tertiary/aromatic N) is 2. The van der Waals surface area contributed by atoms with E-state index in [-0.39, 0.29) is 24.7 Å². The molecule has 1 saturated heterocycles. The molecule has 4 rings (SSSR count). The molecule has 0 unspecified atom stereocenters. The number of benzene rings is 1. The fraction of sp³-hybridized carbons (Fsp3) is 0.412. The predicted molar refractivity (Wildman–Crippen MR) is 84.9 cm³/mol. The summed E-state index contributed by atoms with van der Waals surface area (Å²) < 4.78 is 18.2. The molecule has 1 fully saturated rings. The van der Waals surface area contributed by atoms with Crippen LogP contribution in [0.3, 0.4) is 0 Å². The summed E-state index contributed by atoms with van der Waals surface area (Å²) in [5.41, 5.74) is 1.60. The molecule has 24 heavy (non-hydrogen) atoms. The van der Waals surface area contributed by atoms with E-state index in [9.17, 15) is 4.79 Å². The van der Waals surface area contributed by atoms with Crippen LogP contribution in [0.15, 0.2) is 30.5 Å². The molecular formula is C17H19N3O4. The minimum atomic E-state index is -0.121.